The van der Waals surface area contributed by atoms with Gasteiger partial charge < -0.3 is 16.6 Å². The van der Waals surface area contributed by atoms with E-state index in [9.17, 15) is 25.0 Å². The molecular formula is C11H16N4O6. The normalized spacial score (nSPS) is 11.2. The Bertz CT molecular complexity index is 513. The van der Waals surface area contributed by atoms with Gasteiger partial charge in [0, 0.05) is 17.8 Å². The number of hydrogen-bond acceptors (Lipinski definition) is 7. The molecular weight excluding hydrogens is 284 g/mol. The smallest absolute Gasteiger partial charge is 0.320 e. The third-order valence-electron chi connectivity index (χ3n) is 2.35. The first kappa shape index (κ1) is 18.2. The Hall–Kier alpha value is -2.75. The summed E-state index contributed by atoms with van der Waals surface area (Å²) in [6, 6.07) is 2.27. The van der Waals surface area contributed by atoms with Gasteiger partial charge in [-0.15, -0.1) is 0 Å². The van der Waals surface area contributed by atoms with Crippen LogP contribution in [0.5, 0.6) is 0 Å². The number of carboxylic acids is 1. The molecule has 5 N–H and O–H groups in total. The van der Waals surface area contributed by atoms with Gasteiger partial charge in [-0.05, 0) is 5.92 Å². The van der Waals surface area contributed by atoms with Crippen molar-refractivity contribution < 1.29 is 19.7 Å². The van der Waals surface area contributed by atoms with Crippen LogP contribution in [0.15, 0.2) is 18.2 Å². The molecule has 1 atom stereocenters. The molecule has 0 saturated carbocycles. The molecule has 0 fully saturated rings. The third-order valence-corrected chi connectivity index (χ3v) is 2.35. The van der Waals surface area contributed by atoms with Gasteiger partial charge in [0.1, 0.15) is 6.04 Å². The van der Waals surface area contributed by atoms with E-state index >= 15 is 0 Å². The zero-order valence-electron chi connectivity index (χ0n) is 11.4. The molecule has 0 bridgehead atoms. The molecule has 21 heavy (non-hydrogen) atoms. The summed E-state index contributed by atoms with van der Waals surface area (Å²) < 4.78 is 0. The predicted molar refractivity (Wildman–Crippen MR) is 74.6 cm³/mol. The highest BCUT2D eigenvalue weighted by Gasteiger charge is 2.15. The molecule has 0 heterocycles. The lowest BCUT2D eigenvalue weighted by atomic mass is 10.1. The molecule has 0 radical (unpaired) electrons. The number of nitro groups is 2. The molecule has 0 aromatic heterocycles. The zero-order valence-corrected chi connectivity index (χ0v) is 11.4. The van der Waals surface area contributed by atoms with Crippen molar-refractivity contribution in [3.05, 3.63) is 38.4 Å². The molecule has 0 amide bonds. The Morgan fingerprint density at radius 3 is 1.71 bits per heavy atom. The molecule has 10 heteroatoms. The van der Waals surface area contributed by atoms with Crippen LogP contribution in [0.4, 0.5) is 17.1 Å². The zero-order chi connectivity index (χ0) is 16.7. The quantitative estimate of drug-likeness (QED) is 0.421. The Balaban J connectivity index is 0.000000433. The van der Waals surface area contributed by atoms with E-state index in [0.717, 1.165) is 18.2 Å². The number of rotatable bonds is 4. The van der Waals surface area contributed by atoms with Gasteiger partial charge in [0.25, 0.3) is 11.4 Å². The Labute approximate surface area is 119 Å². The van der Waals surface area contributed by atoms with Crippen LogP contribution in [0.1, 0.15) is 13.8 Å². The van der Waals surface area contributed by atoms with Crippen molar-refractivity contribution in [1.29, 1.82) is 0 Å². The lowest BCUT2D eigenvalue weighted by Gasteiger charge is -2.07. The minimum Gasteiger partial charge on any atom is -0.480 e. The Morgan fingerprint density at radius 1 is 1.14 bits per heavy atom. The van der Waals surface area contributed by atoms with Crippen LogP contribution in [0.3, 0.4) is 0 Å². The van der Waals surface area contributed by atoms with E-state index in [2.05, 4.69) is 0 Å². The lowest BCUT2D eigenvalue weighted by Crippen LogP contribution is -2.34. The first-order chi connectivity index (χ1) is 9.56. The van der Waals surface area contributed by atoms with Crippen LogP contribution in [0, 0.1) is 26.1 Å². The van der Waals surface area contributed by atoms with E-state index in [1.165, 1.54) is 0 Å². The molecule has 1 rings (SSSR count). The van der Waals surface area contributed by atoms with E-state index in [4.69, 9.17) is 16.6 Å². The SMILES string of the molecule is CC(C)[C@H](N)C(=O)O.Nc1cc([N+](=O)[O-])cc([N+](=O)[O-])c1. The summed E-state index contributed by atoms with van der Waals surface area (Å²) in [4.78, 5) is 29.1. The van der Waals surface area contributed by atoms with Gasteiger partial charge in [0.15, 0.2) is 0 Å². The van der Waals surface area contributed by atoms with Crippen molar-refractivity contribution in [2.45, 2.75) is 19.9 Å². The number of non-ortho nitro benzene ring substituents is 2. The number of nitrogens with two attached hydrogens (primary N) is 2. The maximum Gasteiger partial charge on any atom is 0.320 e. The number of nitro benzene ring substituents is 2. The number of carbonyl (C=O) groups is 1. The third kappa shape index (κ3) is 6.29. The summed E-state index contributed by atoms with van der Waals surface area (Å²) >= 11 is 0. The molecule has 10 nitrogen and oxygen atoms in total. The monoisotopic (exact) mass is 300 g/mol. The largest absolute Gasteiger partial charge is 0.480 e. The van der Waals surface area contributed by atoms with Gasteiger partial charge in [-0.1, -0.05) is 13.8 Å². The fourth-order valence-electron chi connectivity index (χ4n) is 1.11. The summed E-state index contributed by atoms with van der Waals surface area (Å²) in [5, 5.41) is 28.7. The van der Waals surface area contributed by atoms with Gasteiger partial charge >= 0.3 is 5.97 Å². The fourth-order valence-corrected chi connectivity index (χ4v) is 1.11. The first-order valence-electron chi connectivity index (χ1n) is 5.74. The number of aliphatic carboxylic acids is 1. The fraction of sp³-hybridized carbons (Fsp3) is 0.364. The van der Waals surface area contributed by atoms with Gasteiger partial charge in [0.2, 0.25) is 0 Å². The second-order valence-corrected chi connectivity index (χ2v) is 4.41. The molecule has 0 saturated heterocycles. The van der Waals surface area contributed by atoms with E-state index < -0.39 is 21.9 Å². The van der Waals surface area contributed by atoms with Gasteiger partial charge in [-0.25, -0.2) is 0 Å². The van der Waals surface area contributed by atoms with Crippen LogP contribution in [0.2, 0.25) is 0 Å². The van der Waals surface area contributed by atoms with E-state index in [1.807, 2.05) is 0 Å². The van der Waals surface area contributed by atoms with Crippen LogP contribution >= 0.6 is 0 Å². The highest BCUT2D eigenvalue weighted by Crippen LogP contribution is 2.23. The Morgan fingerprint density at radius 2 is 1.52 bits per heavy atom. The molecule has 0 aliphatic carbocycles. The van der Waals surface area contributed by atoms with E-state index in [-0.39, 0.29) is 23.0 Å². The standard InChI is InChI=1S/C6H5N3O4.C5H11NO2/c7-4-1-5(8(10)11)3-6(2-4)9(12)13;1-3(2)4(6)5(7)8/h1-3H,7H2;3-4H,6H2,1-2H3,(H,7,8)/t;4-/m.0/s1. The molecule has 0 aliphatic rings. The number of benzene rings is 1. The minimum absolute atomic E-state index is 0.000833. The maximum atomic E-state index is 10.3. The van der Waals surface area contributed by atoms with E-state index in [1.54, 1.807) is 13.8 Å². The van der Waals surface area contributed by atoms with Gasteiger partial charge in [0.05, 0.1) is 15.9 Å². The summed E-state index contributed by atoms with van der Waals surface area (Å²) in [5.74, 6) is -0.910. The predicted octanol–water partition coefficient (Wildman–Crippen LogP) is 1.14. The molecule has 1 aromatic rings. The number of hydrogen-bond donors (Lipinski definition) is 3. The van der Waals surface area contributed by atoms with Crippen molar-refractivity contribution in [2.75, 3.05) is 5.73 Å². The summed E-state index contributed by atoms with van der Waals surface area (Å²) in [5.41, 5.74) is 9.62. The lowest BCUT2D eigenvalue weighted by molar-refractivity contribution is -0.394. The second-order valence-electron chi connectivity index (χ2n) is 4.41. The van der Waals surface area contributed by atoms with Crippen LogP contribution in [-0.4, -0.2) is 27.0 Å². The van der Waals surface area contributed by atoms with Crippen LogP contribution in [-0.2, 0) is 4.79 Å². The second kappa shape index (κ2) is 7.75. The van der Waals surface area contributed by atoms with Crippen molar-refractivity contribution in [3.63, 3.8) is 0 Å². The molecule has 1 aromatic carbocycles. The molecule has 116 valence electrons. The van der Waals surface area contributed by atoms with Crippen molar-refractivity contribution in [3.8, 4) is 0 Å². The van der Waals surface area contributed by atoms with Crippen LogP contribution < -0.4 is 11.5 Å². The van der Waals surface area contributed by atoms with Gasteiger partial charge in [-0.3, -0.25) is 25.0 Å². The number of carboxylic acid groups (broad SMARTS) is 1. The van der Waals surface area contributed by atoms with Gasteiger partial charge in [-0.2, -0.15) is 0 Å². The summed E-state index contributed by atoms with van der Waals surface area (Å²) in [7, 11) is 0. The average molecular weight is 300 g/mol. The topological polar surface area (TPSA) is 176 Å². The number of nitrogen functional groups attached to an aromatic ring is 1. The van der Waals surface area contributed by atoms with Crippen molar-refractivity contribution in [2.24, 2.45) is 11.7 Å². The first-order valence-corrected chi connectivity index (χ1v) is 5.74. The Kier molecular flexibility index (Phi) is 6.73. The van der Waals surface area contributed by atoms with Crippen molar-refractivity contribution in [1.82, 2.24) is 0 Å². The number of nitrogens with zero attached hydrogens (tertiary/aromatic N) is 2. The highest BCUT2D eigenvalue weighted by atomic mass is 16.6. The summed E-state index contributed by atoms with van der Waals surface area (Å²) in [6.07, 6.45) is 0. The molecule has 0 unspecified atom stereocenters. The highest BCUT2D eigenvalue weighted by molar-refractivity contribution is 5.73. The maximum absolute atomic E-state index is 10.3. The van der Waals surface area contributed by atoms with E-state index in [0.29, 0.717) is 0 Å². The average Bonchev–Trinajstić information content (AvgIpc) is 2.37. The minimum atomic E-state index is -0.931. The van der Waals surface area contributed by atoms with Crippen molar-refractivity contribution >= 4 is 23.0 Å². The molecule has 0 aliphatic heterocycles. The molecule has 0 spiro atoms. The van der Waals surface area contributed by atoms with Crippen LogP contribution in [0.25, 0.3) is 0 Å². The number of anilines is 1. The summed E-state index contributed by atoms with van der Waals surface area (Å²) in [6.45, 7) is 3.55.